The van der Waals surface area contributed by atoms with Crippen LogP contribution in [-0.2, 0) is 6.42 Å². The van der Waals surface area contributed by atoms with Crippen LogP contribution in [0.1, 0.15) is 22.3 Å². The number of benzene rings is 4. The van der Waals surface area contributed by atoms with Crippen molar-refractivity contribution in [2.75, 3.05) is 0 Å². The van der Waals surface area contributed by atoms with E-state index in [2.05, 4.69) is 90.7 Å². The van der Waals surface area contributed by atoms with Crippen molar-refractivity contribution in [1.82, 2.24) is 0 Å². The van der Waals surface area contributed by atoms with E-state index in [1.807, 2.05) is 18.2 Å². The molecule has 0 amide bonds. The second-order valence-corrected chi connectivity index (χ2v) is 6.86. The van der Waals surface area contributed by atoms with Gasteiger partial charge in [0.1, 0.15) is 0 Å². The molecule has 0 spiro atoms. The summed E-state index contributed by atoms with van der Waals surface area (Å²) in [6.45, 7) is 0. The fourth-order valence-electron chi connectivity index (χ4n) is 3.79. The summed E-state index contributed by atoms with van der Waals surface area (Å²) < 4.78 is 0. The van der Waals surface area contributed by atoms with Crippen LogP contribution < -0.4 is 0 Å². The second-order valence-electron chi connectivity index (χ2n) is 6.86. The van der Waals surface area contributed by atoms with Gasteiger partial charge in [0.15, 0.2) is 0 Å². The van der Waals surface area contributed by atoms with Gasteiger partial charge in [-0.3, -0.25) is 0 Å². The van der Waals surface area contributed by atoms with Crippen LogP contribution in [0.15, 0.2) is 97.1 Å². The summed E-state index contributed by atoms with van der Waals surface area (Å²) in [5.41, 5.74) is 10.1. The van der Waals surface area contributed by atoms with Crippen LogP contribution in [0.4, 0.5) is 0 Å². The molecule has 4 aromatic rings. The molecule has 0 saturated carbocycles. The molecule has 1 aliphatic carbocycles. The van der Waals surface area contributed by atoms with Crippen molar-refractivity contribution in [1.29, 1.82) is 0 Å². The van der Waals surface area contributed by atoms with Crippen LogP contribution in [-0.4, -0.2) is 0 Å². The number of rotatable bonds is 1. The third-order valence-electron chi connectivity index (χ3n) is 5.17. The van der Waals surface area contributed by atoms with Gasteiger partial charge in [0.05, 0.1) is 0 Å². The molecule has 0 nitrogen and oxygen atoms in total. The van der Waals surface area contributed by atoms with E-state index in [-0.39, 0.29) is 0 Å². The van der Waals surface area contributed by atoms with Crippen LogP contribution in [0.5, 0.6) is 0 Å². The Balaban J connectivity index is 1.57. The van der Waals surface area contributed by atoms with Gasteiger partial charge in [-0.25, -0.2) is 0 Å². The minimum atomic E-state index is 0.958. The normalized spacial score (nSPS) is 11.3. The Morgan fingerprint density at radius 2 is 1.33 bits per heavy atom. The molecule has 0 heteroatoms. The third kappa shape index (κ3) is 2.94. The third-order valence-corrected chi connectivity index (χ3v) is 5.17. The van der Waals surface area contributed by atoms with E-state index in [1.165, 1.54) is 33.4 Å². The quantitative estimate of drug-likeness (QED) is 0.312. The predicted octanol–water partition coefficient (Wildman–Crippen LogP) is 6.32. The first-order valence-corrected chi connectivity index (χ1v) is 9.26. The lowest BCUT2D eigenvalue weighted by Crippen LogP contribution is -1.87. The zero-order valence-electron chi connectivity index (χ0n) is 14.9. The highest BCUT2D eigenvalue weighted by Crippen LogP contribution is 2.40. The van der Waals surface area contributed by atoms with E-state index in [0.717, 1.165) is 17.5 Å². The monoisotopic (exact) mass is 342 g/mol. The maximum absolute atomic E-state index is 3.39. The Kier molecular flexibility index (Phi) is 3.85. The molecule has 0 bridgehead atoms. The van der Waals surface area contributed by atoms with E-state index >= 15 is 0 Å². The Labute approximate surface area is 160 Å². The molecule has 0 unspecified atom stereocenters. The fourth-order valence-corrected chi connectivity index (χ4v) is 3.79. The van der Waals surface area contributed by atoms with Crippen molar-refractivity contribution in [2.45, 2.75) is 6.42 Å². The molecule has 0 saturated heterocycles. The summed E-state index contributed by atoms with van der Waals surface area (Å²) in [5.74, 6) is 6.70. The highest BCUT2D eigenvalue weighted by Gasteiger charge is 2.20. The van der Waals surface area contributed by atoms with Gasteiger partial charge < -0.3 is 0 Å². The van der Waals surface area contributed by atoms with Gasteiger partial charge in [0, 0.05) is 11.1 Å². The Bertz CT molecular complexity index is 1170. The molecule has 0 radical (unpaired) electrons. The maximum atomic E-state index is 3.39. The van der Waals surface area contributed by atoms with Crippen molar-refractivity contribution in [3.63, 3.8) is 0 Å². The molecule has 126 valence electrons. The number of hydrogen-bond acceptors (Lipinski definition) is 0. The molecule has 0 fully saturated rings. The van der Waals surface area contributed by atoms with Gasteiger partial charge in [-0.05, 0) is 64.1 Å². The first-order valence-electron chi connectivity index (χ1n) is 9.26. The van der Waals surface area contributed by atoms with Gasteiger partial charge in [-0.2, -0.15) is 0 Å². The number of hydrogen-bond donors (Lipinski definition) is 0. The van der Waals surface area contributed by atoms with E-state index in [4.69, 9.17) is 0 Å². The minimum Gasteiger partial charge on any atom is -0.0622 e. The highest BCUT2D eigenvalue weighted by atomic mass is 14.2. The average Bonchev–Trinajstić information content (AvgIpc) is 3.12. The van der Waals surface area contributed by atoms with Crippen molar-refractivity contribution in [2.24, 2.45) is 0 Å². The molecule has 0 aromatic heterocycles. The Morgan fingerprint density at radius 3 is 2.15 bits per heavy atom. The first kappa shape index (κ1) is 15.7. The van der Waals surface area contributed by atoms with Crippen LogP contribution in [0, 0.1) is 11.8 Å². The molecule has 4 aromatic carbocycles. The zero-order valence-corrected chi connectivity index (χ0v) is 14.9. The predicted molar refractivity (Wildman–Crippen MR) is 113 cm³/mol. The van der Waals surface area contributed by atoms with Gasteiger partial charge in [0.2, 0.25) is 0 Å². The van der Waals surface area contributed by atoms with Crippen molar-refractivity contribution < 1.29 is 0 Å². The van der Waals surface area contributed by atoms with Gasteiger partial charge >= 0.3 is 0 Å². The standard InChI is InChI=1S/C27H18/c1-3-8-20(9-4-1)14-15-22-12-7-13-25-26(22)19-24-17-16-23(18-27(24)25)21-10-5-2-6-11-21/h1-13,16-18H,19H2. The zero-order chi connectivity index (χ0) is 18.1. The summed E-state index contributed by atoms with van der Waals surface area (Å²) in [6, 6.07) is 34.1. The molecule has 0 N–H and O–H groups in total. The second kappa shape index (κ2) is 6.63. The van der Waals surface area contributed by atoms with E-state index in [0.29, 0.717) is 0 Å². The van der Waals surface area contributed by atoms with E-state index < -0.39 is 0 Å². The Morgan fingerprint density at radius 1 is 0.556 bits per heavy atom. The average molecular weight is 342 g/mol. The van der Waals surface area contributed by atoms with Crippen LogP contribution >= 0.6 is 0 Å². The van der Waals surface area contributed by atoms with Crippen molar-refractivity contribution in [3.8, 4) is 34.1 Å². The summed E-state index contributed by atoms with van der Waals surface area (Å²) in [4.78, 5) is 0. The topological polar surface area (TPSA) is 0 Å². The molecule has 27 heavy (non-hydrogen) atoms. The maximum Gasteiger partial charge on any atom is 0.0290 e. The Hall–Kier alpha value is -3.56. The fraction of sp³-hybridized carbons (Fsp3) is 0.0370. The van der Waals surface area contributed by atoms with E-state index in [1.54, 1.807) is 0 Å². The van der Waals surface area contributed by atoms with Gasteiger partial charge in [-0.1, -0.05) is 84.6 Å². The largest absolute Gasteiger partial charge is 0.0622 e. The lowest BCUT2D eigenvalue weighted by atomic mass is 9.98. The summed E-state index contributed by atoms with van der Waals surface area (Å²) in [7, 11) is 0. The summed E-state index contributed by atoms with van der Waals surface area (Å²) >= 11 is 0. The molecule has 0 aliphatic heterocycles. The smallest absolute Gasteiger partial charge is 0.0290 e. The molecule has 0 heterocycles. The molecular weight excluding hydrogens is 324 g/mol. The lowest BCUT2D eigenvalue weighted by molar-refractivity contribution is 1.25. The lowest BCUT2D eigenvalue weighted by Gasteiger charge is -2.06. The highest BCUT2D eigenvalue weighted by molar-refractivity contribution is 5.83. The van der Waals surface area contributed by atoms with Gasteiger partial charge in [-0.15, -0.1) is 0 Å². The molecule has 0 atom stereocenters. The van der Waals surface area contributed by atoms with Gasteiger partial charge in [0.25, 0.3) is 0 Å². The first-order chi connectivity index (χ1) is 13.4. The summed E-state index contributed by atoms with van der Waals surface area (Å²) in [6.07, 6.45) is 0.958. The van der Waals surface area contributed by atoms with Crippen LogP contribution in [0.25, 0.3) is 22.3 Å². The van der Waals surface area contributed by atoms with Crippen molar-refractivity contribution >= 4 is 0 Å². The minimum absolute atomic E-state index is 0.958. The SMILES string of the molecule is C(#Cc1cccc2c1Cc1ccc(-c3ccccc3)cc1-2)c1ccccc1. The molecule has 5 rings (SSSR count). The number of fused-ring (bicyclic) bond motifs is 3. The van der Waals surface area contributed by atoms with Crippen LogP contribution in [0.2, 0.25) is 0 Å². The van der Waals surface area contributed by atoms with Crippen LogP contribution in [0.3, 0.4) is 0 Å². The molecule has 1 aliphatic rings. The molecular formula is C27H18. The summed E-state index contributed by atoms with van der Waals surface area (Å²) in [5, 5.41) is 0. The van der Waals surface area contributed by atoms with E-state index in [9.17, 15) is 0 Å². The van der Waals surface area contributed by atoms with Crippen molar-refractivity contribution in [3.05, 3.63) is 119 Å².